The Balaban J connectivity index is 2.81. The van der Waals surface area contributed by atoms with E-state index in [1.54, 1.807) is 0 Å². The zero-order chi connectivity index (χ0) is 14.6. The molecule has 1 fully saturated rings. The quantitative estimate of drug-likeness (QED) is 0.779. The highest BCUT2D eigenvalue weighted by atomic mass is 16.5. The highest BCUT2D eigenvalue weighted by molar-refractivity contribution is 5.90. The van der Waals surface area contributed by atoms with Gasteiger partial charge in [-0.2, -0.15) is 0 Å². The van der Waals surface area contributed by atoms with Crippen LogP contribution in [0.1, 0.15) is 40.0 Å². The molecule has 1 aliphatic carbocycles. The molecule has 0 aromatic carbocycles. The number of hydrogen-bond donors (Lipinski definition) is 1. The second-order valence-electron chi connectivity index (χ2n) is 5.75. The number of carbonyl (C=O) groups excluding carboxylic acids is 2. The molecule has 1 aliphatic rings. The zero-order valence-electron chi connectivity index (χ0n) is 12.4. The van der Waals surface area contributed by atoms with Crippen LogP contribution in [-0.4, -0.2) is 25.0 Å². The van der Waals surface area contributed by atoms with Crippen molar-refractivity contribution < 1.29 is 14.3 Å². The van der Waals surface area contributed by atoms with Crippen molar-refractivity contribution in [3.05, 3.63) is 12.2 Å². The van der Waals surface area contributed by atoms with Crippen LogP contribution in [0.5, 0.6) is 0 Å². The van der Waals surface area contributed by atoms with Crippen molar-refractivity contribution in [1.82, 2.24) is 5.32 Å². The number of hydrogen-bond acceptors (Lipinski definition) is 3. The Morgan fingerprint density at radius 3 is 2.32 bits per heavy atom. The van der Waals surface area contributed by atoms with E-state index >= 15 is 0 Å². The highest BCUT2D eigenvalue weighted by Crippen LogP contribution is 2.37. The monoisotopic (exact) mass is 267 g/mol. The molecule has 0 bridgehead atoms. The van der Waals surface area contributed by atoms with Crippen molar-refractivity contribution >= 4 is 11.9 Å². The molecule has 1 saturated carbocycles. The summed E-state index contributed by atoms with van der Waals surface area (Å²) >= 11 is 0. The summed E-state index contributed by atoms with van der Waals surface area (Å²) in [6.07, 6.45) is 2.42. The van der Waals surface area contributed by atoms with Gasteiger partial charge in [-0.1, -0.05) is 32.4 Å². The van der Waals surface area contributed by atoms with E-state index in [2.05, 4.69) is 16.6 Å². The van der Waals surface area contributed by atoms with Gasteiger partial charge in [-0.25, -0.2) is 4.79 Å². The van der Waals surface area contributed by atoms with Crippen LogP contribution in [0.15, 0.2) is 12.2 Å². The SMILES string of the molecule is C=C(C)C1CCCC1C(=O)C(NC(=O)OC)C(C)C. The lowest BCUT2D eigenvalue weighted by Crippen LogP contribution is -2.47. The molecule has 0 aromatic heterocycles. The van der Waals surface area contributed by atoms with Crippen LogP contribution >= 0.6 is 0 Å². The minimum absolute atomic E-state index is 0.0120. The Bertz CT molecular complexity index is 362. The average Bonchev–Trinajstić information content (AvgIpc) is 2.83. The lowest BCUT2D eigenvalue weighted by molar-refractivity contribution is -0.126. The van der Waals surface area contributed by atoms with Gasteiger partial charge in [0.05, 0.1) is 13.2 Å². The molecule has 0 saturated heterocycles. The first-order chi connectivity index (χ1) is 8.88. The molecule has 108 valence electrons. The average molecular weight is 267 g/mol. The molecule has 0 aromatic rings. The summed E-state index contributed by atoms with van der Waals surface area (Å²) in [7, 11) is 1.31. The maximum atomic E-state index is 12.6. The molecule has 3 unspecified atom stereocenters. The molecule has 0 radical (unpaired) electrons. The van der Waals surface area contributed by atoms with Crippen molar-refractivity contribution in [3.63, 3.8) is 0 Å². The van der Waals surface area contributed by atoms with Gasteiger partial charge >= 0.3 is 6.09 Å². The van der Waals surface area contributed by atoms with E-state index in [0.717, 1.165) is 24.8 Å². The molecule has 3 atom stereocenters. The predicted octanol–water partition coefficient (Wildman–Crippen LogP) is 2.93. The lowest BCUT2D eigenvalue weighted by Gasteiger charge is -2.26. The molecule has 4 nitrogen and oxygen atoms in total. The van der Waals surface area contributed by atoms with E-state index < -0.39 is 12.1 Å². The van der Waals surface area contributed by atoms with Crippen LogP contribution < -0.4 is 5.32 Å². The molecule has 1 rings (SSSR count). The number of nitrogens with one attached hydrogen (secondary N) is 1. The molecule has 4 heteroatoms. The fourth-order valence-electron chi connectivity index (χ4n) is 2.87. The summed E-state index contributed by atoms with van der Waals surface area (Å²) in [4.78, 5) is 24.0. The van der Waals surface area contributed by atoms with Crippen LogP contribution in [-0.2, 0) is 9.53 Å². The van der Waals surface area contributed by atoms with Crippen molar-refractivity contribution in [3.8, 4) is 0 Å². The molecule has 0 aliphatic heterocycles. The second kappa shape index (κ2) is 6.73. The Hall–Kier alpha value is -1.32. The maximum Gasteiger partial charge on any atom is 0.407 e. The zero-order valence-corrected chi connectivity index (χ0v) is 12.4. The van der Waals surface area contributed by atoms with Gasteiger partial charge in [0.25, 0.3) is 0 Å². The minimum Gasteiger partial charge on any atom is -0.453 e. The molecule has 1 N–H and O–H groups in total. The van der Waals surface area contributed by atoms with Crippen LogP contribution in [0.25, 0.3) is 0 Å². The fraction of sp³-hybridized carbons (Fsp3) is 0.733. The van der Waals surface area contributed by atoms with E-state index in [0.29, 0.717) is 0 Å². The van der Waals surface area contributed by atoms with Gasteiger partial charge in [-0.3, -0.25) is 4.79 Å². The normalized spacial score (nSPS) is 24.1. The lowest BCUT2D eigenvalue weighted by atomic mass is 9.82. The van der Waals surface area contributed by atoms with Gasteiger partial charge in [0, 0.05) is 5.92 Å². The standard InChI is InChI=1S/C15H25NO3/c1-9(2)11-7-6-8-12(11)14(17)13(10(3)4)16-15(18)19-5/h10-13H,1,6-8H2,2-5H3,(H,16,18). The van der Waals surface area contributed by atoms with Crippen LogP contribution in [0.4, 0.5) is 4.79 Å². The molecule has 0 heterocycles. The summed E-state index contributed by atoms with van der Waals surface area (Å²) in [6, 6.07) is -0.475. The number of rotatable bonds is 5. The van der Waals surface area contributed by atoms with Crippen molar-refractivity contribution in [2.45, 2.75) is 46.1 Å². The van der Waals surface area contributed by atoms with Crippen molar-refractivity contribution in [2.24, 2.45) is 17.8 Å². The number of methoxy groups -OCH3 is 1. The smallest absolute Gasteiger partial charge is 0.407 e. The van der Waals surface area contributed by atoms with E-state index in [1.807, 2.05) is 20.8 Å². The number of carbonyl (C=O) groups is 2. The van der Waals surface area contributed by atoms with Crippen molar-refractivity contribution in [1.29, 1.82) is 0 Å². The van der Waals surface area contributed by atoms with Gasteiger partial charge in [0.2, 0.25) is 0 Å². The number of alkyl carbamates (subject to hydrolysis) is 1. The first-order valence-electron chi connectivity index (χ1n) is 6.92. The van der Waals surface area contributed by atoms with Crippen molar-refractivity contribution in [2.75, 3.05) is 7.11 Å². The second-order valence-corrected chi connectivity index (χ2v) is 5.75. The Kier molecular flexibility index (Phi) is 5.58. The minimum atomic E-state index is -0.545. The van der Waals surface area contributed by atoms with Gasteiger partial charge in [0.1, 0.15) is 0 Å². The highest BCUT2D eigenvalue weighted by Gasteiger charge is 2.38. The number of ether oxygens (including phenoxy) is 1. The van der Waals surface area contributed by atoms with E-state index in [-0.39, 0.29) is 23.5 Å². The van der Waals surface area contributed by atoms with Crippen LogP contribution in [0, 0.1) is 17.8 Å². The van der Waals surface area contributed by atoms with Gasteiger partial charge in [-0.15, -0.1) is 0 Å². The van der Waals surface area contributed by atoms with E-state index in [9.17, 15) is 9.59 Å². The Morgan fingerprint density at radius 2 is 1.84 bits per heavy atom. The molecular formula is C15H25NO3. The number of ketones is 1. The van der Waals surface area contributed by atoms with Gasteiger partial charge in [0.15, 0.2) is 5.78 Å². The number of amides is 1. The topological polar surface area (TPSA) is 55.4 Å². The van der Waals surface area contributed by atoms with Crippen LogP contribution in [0.2, 0.25) is 0 Å². The Morgan fingerprint density at radius 1 is 1.26 bits per heavy atom. The molecule has 0 spiro atoms. The largest absolute Gasteiger partial charge is 0.453 e. The predicted molar refractivity (Wildman–Crippen MR) is 74.8 cm³/mol. The maximum absolute atomic E-state index is 12.6. The van der Waals surface area contributed by atoms with E-state index in [1.165, 1.54) is 7.11 Å². The van der Waals surface area contributed by atoms with Crippen LogP contribution in [0.3, 0.4) is 0 Å². The third-order valence-corrected chi connectivity index (χ3v) is 3.95. The summed E-state index contributed by atoms with van der Waals surface area (Å²) in [5.41, 5.74) is 1.07. The first kappa shape index (κ1) is 15.7. The Labute approximate surface area is 115 Å². The summed E-state index contributed by atoms with van der Waals surface area (Å²) in [5, 5.41) is 2.66. The third kappa shape index (κ3) is 3.82. The van der Waals surface area contributed by atoms with E-state index in [4.69, 9.17) is 0 Å². The summed E-state index contributed by atoms with van der Waals surface area (Å²) < 4.78 is 4.60. The third-order valence-electron chi connectivity index (χ3n) is 3.95. The molecule has 19 heavy (non-hydrogen) atoms. The molecular weight excluding hydrogens is 242 g/mol. The van der Waals surface area contributed by atoms with Gasteiger partial charge < -0.3 is 10.1 Å². The summed E-state index contributed by atoms with van der Waals surface area (Å²) in [6.45, 7) is 9.83. The molecule has 1 amide bonds. The summed E-state index contributed by atoms with van der Waals surface area (Å²) in [5.74, 6) is 0.416. The van der Waals surface area contributed by atoms with Gasteiger partial charge in [-0.05, 0) is 31.6 Å². The number of Topliss-reactive ketones (excluding diaryl/α,β-unsaturated/α-hetero) is 1. The first-order valence-corrected chi connectivity index (χ1v) is 6.92. The fourth-order valence-corrected chi connectivity index (χ4v) is 2.87. The number of allylic oxidation sites excluding steroid dienone is 1.